The highest BCUT2D eigenvalue weighted by Gasteiger charge is 2.29. The normalized spacial score (nSPS) is 13.2. The summed E-state index contributed by atoms with van der Waals surface area (Å²) in [5.74, 6) is -1.67. The van der Waals surface area contributed by atoms with E-state index in [1.54, 1.807) is 97.1 Å². The Morgan fingerprint density at radius 1 is 0.250 bits per heavy atom. The van der Waals surface area contributed by atoms with Gasteiger partial charge in [0.1, 0.15) is 0 Å². The van der Waals surface area contributed by atoms with Crippen LogP contribution in [0.15, 0.2) is 97.1 Å². The van der Waals surface area contributed by atoms with Crippen molar-refractivity contribution >= 4 is 23.1 Å². The number of ketones is 4. The summed E-state index contributed by atoms with van der Waals surface area (Å²) in [6.07, 6.45) is 0. The van der Waals surface area contributed by atoms with Crippen LogP contribution in [0.5, 0.6) is 0 Å². The molecular formula is C28H16O4. The van der Waals surface area contributed by atoms with E-state index in [1.807, 2.05) is 0 Å². The van der Waals surface area contributed by atoms with Crippen molar-refractivity contribution in [3.8, 4) is 0 Å². The van der Waals surface area contributed by atoms with E-state index in [4.69, 9.17) is 0 Å². The van der Waals surface area contributed by atoms with Crippen LogP contribution in [0.25, 0.3) is 0 Å². The molecule has 5 rings (SSSR count). The van der Waals surface area contributed by atoms with Crippen molar-refractivity contribution in [1.82, 2.24) is 0 Å². The highest BCUT2D eigenvalue weighted by atomic mass is 16.1. The lowest BCUT2D eigenvalue weighted by molar-refractivity contribution is 0.0979. The van der Waals surface area contributed by atoms with Crippen LogP contribution >= 0.6 is 0 Å². The van der Waals surface area contributed by atoms with Crippen LogP contribution in [-0.4, -0.2) is 23.1 Å². The molecule has 4 aromatic rings. The van der Waals surface area contributed by atoms with Gasteiger partial charge in [0, 0.05) is 44.5 Å². The molecule has 152 valence electrons. The minimum atomic E-state index is -0.417. The lowest BCUT2D eigenvalue weighted by Crippen LogP contribution is -2.20. The Labute approximate surface area is 184 Å². The molecule has 0 saturated heterocycles. The maximum Gasteiger partial charge on any atom is 0.194 e. The van der Waals surface area contributed by atoms with Gasteiger partial charge in [-0.25, -0.2) is 0 Å². The van der Waals surface area contributed by atoms with Gasteiger partial charge in [0.15, 0.2) is 23.1 Å². The predicted octanol–water partition coefficient (Wildman–Crippen LogP) is 4.92. The third-order valence-corrected chi connectivity index (χ3v) is 5.67. The van der Waals surface area contributed by atoms with Crippen molar-refractivity contribution in [2.24, 2.45) is 0 Å². The summed E-state index contributed by atoms with van der Waals surface area (Å²) in [6.45, 7) is 0. The van der Waals surface area contributed by atoms with E-state index in [2.05, 4.69) is 0 Å². The quantitative estimate of drug-likeness (QED) is 0.359. The van der Waals surface area contributed by atoms with Crippen LogP contribution in [0.1, 0.15) is 63.7 Å². The largest absolute Gasteiger partial charge is 0.289 e. The first-order chi connectivity index (χ1) is 15.6. The van der Waals surface area contributed by atoms with E-state index in [9.17, 15) is 19.2 Å². The van der Waals surface area contributed by atoms with Gasteiger partial charge in [-0.2, -0.15) is 0 Å². The highest BCUT2D eigenvalue weighted by molar-refractivity contribution is 6.29. The second-order valence-corrected chi connectivity index (χ2v) is 7.50. The Morgan fingerprint density at radius 3 is 0.500 bits per heavy atom. The van der Waals surface area contributed by atoms with E-state index in [0.29, 0.717) is 0 Å². The molecule has 0 aliphatic heterocycles. The number of rotatable bonds is 0. The average molecular weight is 416 g/mol. The second kappa shape index (κ2) is 7.67. The standard InChI is InChI=1S/C28H16O4/c29-25-17-9-1-2-10-18(17)26(30)21-13-5-6-14-22(21)28(32)24-16-8-7-15-23(24)27(31)20-12-4-3-11-19(20)25/h1-16H. The minimum Gasteiger partial charge on any atom is -0.289 e. The molecule has 4 aromatic carbocycles. The van der Waals surface area contributed by atoms with E-state index in [0.717, 1.165) is 0 Å². The molecule has 0 fully saturated rings. The first-order valence-corrected chi connectivity index (χ1v) is 10.1. The monoisotopic (exact) mass is 416 g/mol. The number of benzene rings is 4. The van der Waals surface area contributed by atoms with Crippen molar-refractivity contribution in [1.29, 1.82) is 0 Å². The van der Waals surface area contributed by atoms with Crippen LogP contribution in [0.3, 0.4) is 0 Å². The fourth-order valence-corrected chi connectivity index (χ4v) is 4.10. The Kier molecular flexibility index (Phi) is 4.68. The number of carbonyl (C=O) groups excluding carboxylic acids is 4. The van der Waals surface area contributed by atoms with Gasteiger partial charge < -0.3 is 0 Å². The van der Waals surface area contributed by atoms with Gasteiger partial charge in [0.25, 0.3) is 0 Å². The fraction of sp³-hybridized carbons (Fsp3) is 0. The van der Waals surface area contributed by atoms with Gasteiger partial charge in [-0.05, 0) is 0 Å². The first kappa shape index (κ1) is 19.5. The Bertz CT molecular complexity index is 1120. The molecule has 0 heterocycles. The summed E-state index contributed by atoms with van der Waals surface area (Å²) < 4.78 is 0. The molecule has 0 saturated carbocycles. The second-order valence-electron chi connectivity index (χ2n) is 7.50. The van der Waals surface area contributed by atoms with Crippen LogP contribution < -0.4 is 0 Å². The minimum absolute atomic E-state index is 0.189. The van der Waals surface area contributed by atoms with Crippen molar-refractivity contribution in [2.45, 2.75) is 0 Å². The van der Waals surface area contributed by atoms with Crippen molar-refractivity contribution in [3.05, 3.63) is 142 Å². The molecule has 1 aliphatic rings. The van der Waals surface area contributed by atoms with Crippen LogP contribution in [0.4, 0.5) is 0 Å². The third kappa shape index (κ3) is 3.01. The molecule has 0 spiro atoms. The summed E-state index contributed by atoms with van der Waals surface area (Å²) in [5, 5.41) is 0. The number of carbonyl (C=O) groups is 4. The SMILES string of the molecule is O=C1c2ccccc2C(=O)c2ccccc2C(=O)c2ccccc2C(=O)c2ccccc21. The topological polar surface area (TPSA) is 68.3 Å². The maximum atomic E-state index is 13.6. The summed E-state index contributed by atoms with van der Waals surface area (Å²) in [4.78, 5) is 54.2. The predicted molar refractivity (Wildman–Crippen MR) is 119 cm³/mol. The summed E-state index contributed by atoms with van der Waals surface area (Å²) in [7, 11) is 0. The van der Waals surface area contributed by atoms with Crippen molar-refractivity contribution in [3.63, 3.8) is 0 Å². The molecule has 4 nitrogen and oxygen atoms in total. The fourth-order valence-electron chi connectivity index (χ4n) is 4.10. The third-order valence-electron chi connectivity index (χ3n) is 5.67. The van der Waals surface area contributed by atoms with E-state index < -0.39 is 23.1 Å². The average Bonchev–Trinajstić information content (AvgIpc) is 2.86. The van der Waals surface area contributed by atoms with Crippen LogP contribution in [0.2, 0.25) is 0 Å². The Morgan fingerprint density at radius 2 is 0.375 bits per heavy atom. The van der Waals surface area contributed by atoms with E-state index >= 15 is 0 Å². The van der Waals surface area contributed by atoms with E-state index in [-0.39, 0.29) is 44.5 Å². The van der Waals surface area contributed by atoms with Gasteiger partial charge >= 0.3 is 0 Å². The molecule has 0 unspecified atom stereocenters. The van der Waals surface area contributed by atoms with Crippen molar-refractivity contribution < 1.29 is 19.2 Å². The number of fused-ring (bicyclic) bond motifs is 4. The molecule has 0 N–H and O–H groups in total. The smallest absolute Gasteiger partial charge is 0.194 e. The van der Waals surface area contributed by atoms with E-state index in [1.165, 1.54) is 0 Å². The molecular weight excluding hydrogens is 400 g/mol. The first-order valence-electron chi connectivity index (χ1n) is 10.1. The zero-order chi connectivity index (χ0) is 22.2. The molecule has 1 aliphatic carbocycles. The van der Waals surface area contributed by atoms with Crippen LogP contribution in [-0.2, 0) is 0 Å². The lowest BCUT2D eigenvalue weighted by atomic mass is 9.84. The Balaban J connectivity index is 1.89. The lowest BCUT2D eigenvalue weighted by Gasteiger charge is -2.16. The van der Waals surface area contributed by atoms with Gasteiger partial charge in [0.2, 0.25) is 0 Å². The number of hydrogen-bond donors (Lipinski definition) is 0. The van der Waals surface area contributed by atoms with Gasteiger partial charge in [-0.15, -0.1) is 0 Å². The molecule has 4 heteroatoms. The molecule has 32 heavy (non-hydrogen) atoms. The highest BCUT2D eigenvalue weighted by Crippen LogP contribution is 2.27. The summed E-state index contributed by atoms with van der Waals surface area (Å²) in [5.41, 5.74) is 1.51. The van der Waals surface area contributed by atoms with Crippen molar-refractivity contribution in [2.75, 3.05) is 0 Å². The zero-order valence-electron chi connectivity index (χ0n) is 16.9. The van der Waals surface area contributed by atoms with Gasteiger partial charge in [-0.1, -0.05) is 97.1 Å². The maximum absolute atomic E-state index is 13.6. The molecule has 0 aromatic heterocycles. The van der Waals surface area contributed by atoms with Crippen LogP contribution in [0, 0.1) is 0 Å². The summed E-state index contributed by atoms with van der Waals surface area (Å²) >= 11 is 0. The Hall–Kier alpha value is -4.44. The zero-order valence-corrected chi connectivity index (χ0v) is 16.9. The molecule has 0 radical (unpaired) electrons. The molecule has 0 atom stereocenters. The molecule has 0 bridgehead atoms. The molecule has 0 amide bonds. The number of hydrogen-bond acceptors (Lipinski definition) is 4. The van der Waals surface area contributed by atoms with Gasteiger partial charge in [-0.3, -0.25) is 19.2 Å². The van der Waals surface area contributed by atoms with Gasteiger partial charge in [0.05, 0.1) is 0 Å². The summed E-state index contributed by atoms with van der Waals surface area (Å²) in [6, 6.07) is 25.9.